The van der Waals surface area contributed by atoms with Crippen molar-refractivity contribution in [2.24, 2.45) is 0 Å². The molecule has 1 aromatic carbocycles. The Morgan fingerprint density at radius 2 is 1.89 bits per heavy atom. The number of aromatic nitrogens is 3. The zero-order valence-electron chi connectivity index (χ0n) is 22.8. The molecule has 38 heavy (non-hydrogen) atoms. The summed E-state index contributed by atoms with van der Waals surface area (Å²) < 4.78 is 24.9. The Kier molecular flexibility index (Phi) is 8.26. The van der Waals surface area contributed by atoms with Gasteiger partial charge in [-0.25, -0.2) is 13.9 Å². The molecule has 1 aliphatic heterocycles. The summed E-state index contributed by atoms with van der Waals surface area (Å²) in [4.78, 5) is 11.6. The van der Waals surface area contributed by atoms with Crippen LogP contribution in [0.4, 0.5) is 14.9 Å². The van der Waals surface area contributed by atoms with Crippen LogP contribution in [0, 0.1) is 17.4 Å². The quantitative estimate of drug-likeness (QED) is 0.236. The highest BCUT2D eigenvalue weighted by molar-refractivity contribution is 6.90. The van der Waals surface area contributed by atoms with E-state index in [-0.39, 0.29) is 22.5 Å². The maximum absolute atomic E-state index is 15.7. The van der Waals surface area contributed by atoms with Crippen LogP contribution in [0.25, 0.3) is 22.0 Å². The number of halogens is 2. The molecule has 0 saturated carbocycles. The summed E-state index contributed by atoms with van der Waals surface area (Å²) in [6.45, 7) is 14.0. The van der Waals surface area contributed by atoms with E-state index in [1.807, 2.05) is 6.20 Å². The van der Waals surface area contributed by atoms with Gasteiger partial charge in [-0.2, -0.15) is 5.10 Å². The second-order valence-electron chi connectivity index (χ2n) is 11.0. The topological polar surface area (TPSA) is 81.3 Å². The van der Waals surface area contributed by atoms with Gasteiger partial charge in [0.15, 0.2) is 5.82 Å². The average Bonchev–Trinajstić information content (AvgIpc) is 3.48. The fourth-order valence-corrected chi connectivity index (χ4v) is 11.4. The van der Waals surface area contributed by atoms with Crippen LogP contribution in [0.1, 0.15) is 67.0 Å². The van der Waals surface area contributed by atoms with E-state index < -0.39 is 20.0 Å². The zero-order chi connectivity index (χ0) is 27.8. The van der Waals surface area contributed by atoms with E-state index >= 15 is 4.39 Å². The number of carboxylic acid groups (broad SMARTS) is 1. The van der Waals surface area contributed by atoms with Gasteiger partial charge >= 0.3 is 6.09 Å². The fraction of sp³-hybridized carbons (Fsp3) is 0.500. The van der Waals surface area contributed by atoms with Crippen LogP contribution in [0.3, 0.4) is 0 Å². The molecule has 1 saturated heterocycles. The van der Waals surface area contributed by atoms with Crippen molar-refractivity contribution < 1.29 is 19.0 Å². The molecule has 7 nitrogen and oxygen atoms in total. The van der Waals surface area contributed by atoms with Crippen molar-refractivity contribution in [1.82, 2.24) is 14.3 Å². The highest BCUT2D eigenvalue weighted by Crippen LogP contribution is 2.42. The van der Waals surface area contributed by atoms with Gasteiger partial charge in [0.1, 0.15) is 19.8 Å². The van der Waals surface area contributed by atoms with E-state index in [0.717, 1.165) is 19.3 Å². The van der Waals surface area contributed by atoms with Crippen molar-refractivity contribution in [3.8, 4) is 22.7 Å². The molecule has 1 fully saturated rings. The number of nitrogens with zero attached hydrogens (tertiary/aromatic N) is 3. The first-order valence-corrected chi connectivity index (χ1v) is 15.8. The van der Waals surface area contributed by atoms with Gasteiger partial charge in [-0.3, -0.25) is 9.88 Å². The highest BCUT2D eigenvalue weighted by Gasteiger charge is 2.42. The zero-order valence-corrected chi connectivity index (χ0v) is 24.6. The molecular formula is C28H36ClFN4O3Si. The lowest BCUT2D eigenvalue weighted by molar-refractivity contribution is -0.0394. The number of ether oxygens (including phenoxy) is 1. The highest BCUT2D eigenvalue weighted by atomic mass is 35.5. The minimum atomic E-state index is -2.14. The first-order valence-electron chi connectivity index (χ1n) is 13.2. The molecule has 1 unspecified atom stereocenters. The molecule has 0 radical (unpaired) electrons. The Balaban J connectivity index is 1.97. The number of hydrogen-bond acceptors (Lipinski definition) is 3. The van der Waals surface area contributed by atoms with Crippen LogP contribution in [-0.2, 0) is 4.74 Å². The summed E-state index contributed by atoms with van der Waals surface area (Å²) in [6, 6.07) is 4.59. The van der Waals surface area contributed by atoms with Gasteiger partial charge in [0, 0.05) is 41.6 Å². The Morgan fingerprint density at radius 3 is 2.47 bits per heavy atom. The van der Waals surface area contributed by atoms with E-state index in [1.165, 1.54) is 6.07 Å². The number of nitrogens with one attached hydrogen (secondary N) is 1. The minimum absolute atomic E-state index is 0.143. The third-order valence-corrected chi connectivity index (χ3v) is 14.4. The third kappa shape index (κ3) is 5.09. The number of carbonyl (C=O) groups is 1. The van der Waals surface area contributed by atoms with Gasteiger partial charge in [-0.15, -0.1) is 5.54 Å². The van der Waals surface area contributed by atoms with Crippen molar-refractivity contribution in [1.29, 1.82) is 0 Å². The van der Waals surface area contributed by atoms with E-state index in [4.69, 9.17) is 16.3 Å². The molecule has 0 aliphatic carbocycles. The van der Waals surface area contributed by atoms with Crippen molar-refractivity contribution in [2.75, 3.05) is 11.9 Å². The largest absolute Gasteiger partial charge is 0.465 e. The van der Waals surface area contributed by atoms with Crippen LogP contribution < -0.4 is 5.32 Å². The molecule has 204 valence electrons. The van der Waals surface area contributed by atoms with Gasteiger partial charge in [0.25, 0.3) is 0 Å². The molecule has 3 heterocycles. The van der Waals surface area contributed by atoms with Crippen molar-refractivity contribution in [2.45, 2.75) is 83.7 Å². The normalized spacial score (nSPS) is 16.3. The predicted molar refractivity (Wildman–Crippen MR) is 153 cm³/mol. The van der Waals surface area contributed by atoms with Gasteiger partial charge in [-0.05, 0) is 42.0 Å². The molecule has 0 bridgehead atoms. The van der Waals surface area contributed by atoms with Crippen molar-refractivity contribution >= 4 is 42.4 Å². The van der Waals surface area contributed by atoms with Gasteiger partial charge in [0.05, 0.1) is 16.9 Å². The monoisotopic (exact) mass is 558 g/mol. The Bertz CT molecular complexity index is 1370. The molecule has 1 amide bonds. The van der Waals surface area contributed by atoms with E-state index in [0.29, 0.717) is 39.7 Å². The van der Waals surface area contributed by atoms with Crippen LogP contribution in [-0.4, -0.2) is 40.2 Å². The number of benzene rings is 1. The number of rotatable bonds is 6. The SMILES string of the molecule is CC(C)[Si](C#Cn1cc(-c2cnn(C3CCCCO3)c2)c2c(NC(=O)O)cc(Cl)c(F)c21)(C(C)C)C(C)C. The second kappa shape index (κ2) is 11.1. The molecule has 10 heteroatoms. The molecule has 3 aromatic rings. The molecular weight excluding hydrogens is 523 g/mol. The molecule has 2 N–H and O–H groups in total. The fourth-order valence-electron chi connectivity index (χ4n) is 6.05. The Labute approximate surface area is 229 Å². The predicted octanol–water partition coefficient (Wildman–Crippen LogP) is 8.11. The third-order valence-electron chi connectivity index (χ3n) is 7.83. The summed E-state index contributed by atoms with van der Waals surface area (Å²) in [5.74, 6) is -0.646. The lowest BCUT2D eigenvalue weighted by atomic mass is 10.1. The van der Waals surface area contributed by atoms with Crippen LogP contribution in [0.15, 0.2) is 24.7 Å². The van der Waals surface area contributed by atoms with Crippen LogP contribution >= 0.6 is 11.6 Å². The first kappa shape index (κ1) is 28.2. The molecule has 1 atom stereocenters. The molecule has 0 spiro atoms. The lowest BCUT2D eigenvalue weighted by Crippen LogP contribution is -2.43. The number of amides is 1. The number of hydrogen-bond donors (Lipinski definition) is 2. The minimum Gasteiger partial charge on any atom is -0.465 e. The standard InChI is InChI=1S/C28H36ClFN4O3Si/c1-17(2)38(18(3)4,19(5)6)12-10-33-16-21(20-14-31-34(15-20)24-9-7-8-11-37-24)25-23(32-28(35)36)13-22(29)26(30)27(25)33/h13-19,24,32H,7-9,11H2,1-6H3,(H,35,36). The maximum Gasteiger partial charge on any atom is 0.409 e. The van der Waals surface area contributed by atoms with Crippen molar-refractivity contribution in [3.63, 3.8) is 0 Å². The van der Waals surface area contributed by atoms with Crippen molar-refractivity contribution in [3.05, 3.63) is 35.5 Å². The smallest absolute Gasteiger partial charge is 0.409 e. The molecule has 2 aromatic heterocycles. The van der Waals surface area contributed by atoms with E-state index in [9.17, 15) is 9.90 Å². The van der Waals surface area contributed by atoms with E-state index in [1.54, 1.807) is 21.6 Å². The average molecular weight is 559 g/mol. The Hall–Kier alpha value is -2.80. The molecule has 1 aliphatic rings. The summed E-state index contributed by atoms with van der Waals surface area (Å²) in [5, 5.41) is 16.6. The maximum atomic E-state index is 15.7. The summed E-state index contributed by atoms with van der Waals surface area (Å²) in [6.07, 6.45) is 6.81. The van der Waals surface area contributed by atoms with Crippen LogP contribution in [0.2, 0.25) is 21.6 Å². The lowest BCUT2D eigenvalue weighted by Gasteiger charge is -2.37. The van der Waals surface area contributed by atoms with E-state index in [2.05, 4.69) is 63.5 Å². The van der Waals surface area contributed by atoms with Gasteiger partial charge < -0.3 is 9.84 Å². The number of fused-ring (bicyclic) bond motifs is 1. The Morgan fingerprint density at radius 1 is 1.21 bits per heavy atom. The second-order valence-corrected chi connectivity index (χ2v) is 16.9. The van der Waals surface area contributed by atoms with Gasteiger partial charge in [-0.1, -0.05) is 53.1 Å². The van der Waals surface area contributed by atoms with Crippen LogP contribution in [0.5, 0.6) is 0 Å². The molecule has 4 rings (SSSR count). The summed E-state index contributed by atoms with van der Waals surface area (Å²) in [7, 11) is -2.14. The number of anilines is 1. The summed E-state index contributed by atoms with van der Waals surface area (Å²) >= 11 is 6.26. The summed E-state index contributed by atoms with van der Waals surface area (Å²) in [5.41, 5.74) is 6.46. The first-order chi connectivity index (χ1) is 18.0. The van der Waals surface area contributed by atoms with Gasteiger partial charge in [0.2, 0.25) is 0 Å².